The lowest BCUT2D eigenvalue weighted by atomic mass is 10.2. The van der Waals surface area contributed by atoms with Crippen LogP contribution in [0.1, 0.15) is 12.0 Å². The van der Waals surface area contributed by atoms with E-state index in [-0.39, 0.29) is 0 Å². The first-order valence-corrected chi connectivity index (χ1v) is 5.88. The number of anilines is 1. The van der Waals surface area contributed by atoms with Gasteiger partial charge in [-0.05, 0) is 24.6 Å². The summed E-state index contributed by atoms with van der Waals surface area (Å²) in [6.45, 7) is 1.61. The van der Waals surface area contributed by atoms with Crippen LogP contribution >= 0.6 is 15.9 Å². The first-order valence-electron chi connectivity index (χ1n) is 5.08. The van der Waals surface area contributed by atoms with Gasteiger partial charge in [0.2, 0.25) is 0 Å². The Kier molecular flexibility index (Phi) is 5.30. The fraction of sp³-hybridized carbons (Fsp3) is 0.417. The highest BCUT2D eigenvalue weighted by molar-refractivity contribution is 9.10. The van der Waals surface area contributed by atoms with E-state index >= 15 is 0 Å². The standard InChI is InChI=1S/C12H15BrN2O/c1-15(6-3-7-16-2)12-8-11(13)5-4-10(12)9-14/h4-5,8H,3,6-7H2,1-2H3. The average Bonchev–Trinajstić information content (AvgIpc) is 2.29. The number of halogens is 1. The molecule has 0 saturated carbocycles. The number of rotatable bonds is 5. The van der Waals surface area contributed by atoms with Crippen LogP contribution in [0.4, 0.5) is 5.69 Å². The highest BCUT2D eigenvalue weighted by Gasteiger charge is 2.07. The predicted octanol–water partition coefficient (Wildman–Crippen LogP) is 2.79. The Morgan fingerprint density at radius 1 is 1.50 bits per heavy atom. The van der Waals surface area contributed by atoms with Crippen molar-refractivity contribution in [3.63, 3.8) is 0 Å². The zero-order valence-electron chi connectivity index (χ0n) is 9.53. The maximum Gasteiger partial charge on any atom is 0.101 e. The SMILES string of the molecule is COCCCN(C)c1cc(Br)ccc1C#N. The Morgan fingerprint density at radius 2 is 2.25 bits per heavy atom. The molecule has 1 aromatic rings. The van der Waals surface area contributed by atoms with Gasteiger partial charge in [0, 0.05) is 31.8 Å². The molecule has 0 spiro atoms. The van der Waals surface area contributed by atoms with E-state index in [1.165, 1.54) is 0 Å². The van der Waals surface area contributed by atoms with Gasteiger partial charge in [0.25, 0.3) is 0 Å². The van der Waals surface area contributed by atoms with E-state index in [9.17, 15) is 0 Å². The van der Waals surface area contributed by atoms with E-state index < -0.39 is 0 Å². The van der Waals surface area contributed by atoms with Gasteiger partial charge in [-0.25, -0.2) is 0 Å². The topological polar surface area (TPSA) is 36.3 Å². The lowest BCUT2D eigenvalue weighted by Gasteiger charge is -2.20. The fourth-order valence-corrected chi connectivity index (χ4v) is 1.83. The van der Waals surface area contributed by atoms with Crippen molar-refractivity contribution in [3.8, 4) is 6.07 Å². The lowest BCUT2D eigenvalue weighted by Crippen LogP contribution is -2.20. The summed E-state index contributed by atoms with van der Waals surface area (Å²) in [7, 11) is 3.68. The van der Waals surface area contributed by atoms with Crippen molar-refractivity contribution in [2.45, 2.75) is 6.42 Å². The second kappa shape index (κ2) is 6.51. The molecule has 16 heavy (non-hydrogen) atoms. The first kappa shape index (κ1) is 13.0. The largest absolute Gasteiger partial charge is 0.385 e. The van der Waals surface area contributed by atoms with Crippen LogP contribution in [-0.4, -0.2) is 27.3 Å². The van der Waals surface area contributed by atoms with Crippen LogP contribution < -0.4 is 4.90 Å². The number of methoxy groups -OCH3 is 1. The molecule has 3 nitrogen and oxygen atoms in total. The van der Waals surface area contributed by atoms with E-state index in [1.807, 2.05) is 25.2 Å². The third-order valence-corrected chi connectivity index (χ3v) is 2.83. The van der Waals surface area contributed by atoms with Gasteiger partial charge in [0.15, 0.2) is 0 Å². The van der Waals surface area contributed by atoms with Crippen LogP contribution in [0.2, 0.25) is 0 Å². The van der Waals surface area contributed by atoms with Gasteiger partial charge in [-0.3, -0.25) is 0 Å². The minimum atomic E-state index is 0.697. The third kappa shape index (κ3) is 3.51. The van der Waals surface area contributed by atoms with Crippen LogP contribution in [-0.2, 0) is 4.74 Å². The van der Waals surface area contributed by atoms with Gasteiger partial charge < -0.3 is 9.64 Å². The Hall–Kier alpha value is -1.05. The van der Waals surface area contributed by atoms with Crippen molar-refractivity contribution in [2.75, 3.05) is 32.2 Å². The molecule has 0 saturated heterocycles. The molecular formula is C12H15BrN2O. The number of hydrogen-bond acceptors (Lipinski definition) is 3. The summed E-state index contributed by atoms with van der Waals surface area (Å²) in [6, 6.07) is 7.87. The molecule has 1 aromatic carbocycles. The Balaban J connectivity index is 2.77. The maximum absolute atomic E-state index is 9.01. The van der Waals surface area contributed by atoms with Gasteiger partial charge in [-0.15, -0.1) is 0 Å². The van der Waals surface area contributed by atoms with Crippen LogP contribution in [0.15, 0.2) is 22.7 Å². The second-order valence-electron chi connectivity index (χ2n) is 3.54. The normalized spacial score (nSPS) is 9.88. The molecule has 0 amide bonds. The van der Waals surface area contributed by atoms with Gasteiger partial charge in [-0.2, -0.15) is 5.26 Å². The molecule has 0 atom stereocenters. The highest BCUT2D eigenvalue weighted by Crippen LogP contribution is 2.23. The predicted molar refractivity (Wildman–Crippen MR) is 68.6 cm³/mol. The van der Waals surface area contributed by atoms with Crippen LogP contribution in [0.25, 0.3) is 0 Å². The van der Waals surface area contributed by atoms with Crippen LogP contribution in [0.3, 0.4) is 0 Å². The van der Waals surface area contributed by atoms with Crippen molar-refractivity contribution in [3.05, 3.63) is 28.2 Å². The van der Waals surface area contributed by atoms with Gasteiger partial charge in [0.1, 0.15) is 6.07 Å². The molecule has 0 aliphatic heterocycles. The van der Waals surface area contributed by atoms with E-state index in [2.05, 4.69) is 26.9 Å². The van der Waals surface area contributed by atoms with Gasteiger partial charge in [0.05, 0.1) is 11.3 Å². The maximum atomic E-state index is 9.01. The summed E-state index contributed by atoms with van der Waals surface area (Å²) in [5.74, 6) is 0. The van der Waals surface area contributed by atoms with E-state index in [0.29, 0.717) is 5.56 Å². The number of nitriles is 1. The summed E-state index contributed by atoms with van der Waals surface area (Å²) in [5, 5.41) is 9.01. The molecule has 0 heterocycles. The molecule has 0 fully saturated rings. The molecule has 0 N–H and O–H groups in total. The summed E-state index contributed by atoms with van der Waals surface area (Å²) in [5.41, 5.74) is 1.65. The first-order chi connectivity index (χ1) is 7.69. The molecule has 0 aliphatic rings. The molecule has 0 unspecified atom stereocenters. The molecule has 86 valence electrons. The molecule has 0 radical (unpaired) electrons. The molecule has 0 aromatic heterocycles. The smallest absolute Gasteiger partial charge is 0.101 e. The molecule has 1 rings (SSSR count). The molecule has 0 bridgehead atoms. The Labute approximate surface area is 105 Å². The zero-order valence-corrected chi connectivity index (χ0v) is 11.1. The lowest BCUT2D eigenvalue weighted by molar-refractivity contribution is 0.196. The summed E-state index contributed by atoms with van der Waals surface area (Å²) in [4.78, 5) is 2.07. The Morgan fingerprint density at radius 3 is 2.88 bits per heavy atom. The minimum Gasteiger partial charge on any atom is -0.385 e. The van der Waals surface area contributed by atoms with Crippen molar-refractivity contribution >= 4 is 21.6 Å². The summed E-state index contributed by atoms with van der Waals surface area (Å²) >= 11 is 3.41. The number of ether oxygens (including phenoxy) is 1. The average molecular weight is 283 g/mol. The zero-order chi connectivity index (χ0) is 12.0. The van der Waals surface area contributed by atoms with Crippen LogP contribution in [0, 0.1) is 11.3 Å². The van der Waals surface area contributed by atoms with E-state index in [0.717, 1.165) is 29.7 Å². The van der Waals surface area contributed by atoms with Gasteiger partial charge in [-0.1, -0.05) is 15.9 Å². The van der Waals surface area contributed by atoms with Crippen molar-refractivity contribution < 1.29 is 4.74 Å². The van der Waals surface area contributed by atoms with E-state index in [4.69, 9.17) is 10.00 Å². The summed E-state index contributed by atoms with van der Waals surface area (Å²) in [6.07, 6.45) is 0.949. The second-order valence-corrected chi connectivity index (χ2v) is 4.46. The molecular weight excluding hydrogens is 268 g/mol. The minimum absolute atomic E-state index is 0.697. The summed E-state index contributed by atoms with van der Waals surface area (Å²) < 4.78 is 5.99. The fourth-order valence-electron chi connectivity index (χ4n) is 1.48. The molecule has 0 aliphatic carbocycles. The van der Waals surface area contributed by atoms with Crippen molar-refractivity contribution in [2.24, 2.45) is 0 Å². The quantitative estimate of drug-likeness (QED) is 0.780. The monoisotopic (exact) mass is 282 g/mol. The molecule has 4 heteroatoms. The third-order valence-electron chi connectivity index (χ3n) is 2.33. The van der Waals surface area contributed by atoms with Crippen molar-refractivity contribution in [1.29, 1.82) is 5.26 Å². The van der Waals surface area contributed by atoms with Crippen LogP contribution in [0.5, 0.6) is 0 Å². The highest BCUT2D eigenvalue weighted by atomic mass is 79.9. The number of nitrogens with zero attached hydrogens (tertiary/aromatic N) is 2. The van der Waals surface area contributed by atoms with Gasteiger partial charge >= 0.3 is 0 Å². The van der Waals surface area contributed by atoms with Crippen molar-refractivity contribution in [1.82, 2.24) is 0 Å². The number of benzene rings is 1. The Bertz CT molecular complexity index is 387. The van der Waals surface area contributed by atoms with E-state index in [1.54, 1.807) is 7.11 Å². The number of hydrogen-bond donors (Lipinski definition) is 0.